The fraction of sp³-hybridized carbons (Fsp3) is 0.417. The van der Waals surface area contributed by atoms with Crippen molar-refractivity contribution in [1.82, 2.24) is 9.62 Å². The van der Waals surface area contributed by atoms with Gasteiger partial charge in [-0.3, -0.25) is 0 Å². The molecule has 7 heteroatoms. The first-order valence-electron chi connectivity index (χ1n) is 5.84. The van der Waals surface area contributed by atoms with Crippen LogP contribution < -0.4 is 5.32 Å². The summed E-state index contributed by atoms with van der Waals surface area (Å²) in [5.74, 6) is 0. The van der Waals surface area contributed by atoms with E-state index < -0.39 is 22.2 Å². The van der Waals surface area contributed by atoms with Crippen LogP contribution in [-0.4, -0.2) is 50.1 Å². The molecule has 6 nitrogen and oxygen atoms in total. The predicted octanol–water partition coefficient (Wildman–Crippen LogP) is -0.489. The number of hydrogen-bond donors (Lipinski definition) is 2. The van der Waals surface area contributed by atoms with Crippen LogP contribution in [0.1, 0.15) is 5.56 Å². The summed E-state index contributed by atoms with van der Waals surface area (Å²) in [7, 11) is -2.37. The average Bonchev–Trinajstić information content (AvgIpc) is 2.83. The van der Waals surface area contributed by atoms with Gasteiger partial charge in [0.05, 0.1) is 22.6 Å². The molecule has 0 spiro atoms. The highest BCUT2D eigenvalue weighted by molar-refractivity contribution is 7.89. The molecule has 0 unspecified atom stereocenters. The van der Waals surface area contributed by atoms with Gasteiger partial charge in [0.1, 0.15) is 6.07 Å². The van der Waals surface area contributed by atoms with Gasteiger partial charge in [0.15, 0.2) is 0 Å². The Bertz CT molecular complexity index is 609. The molecule has 1 aliphatic rings. The third-order valence-corrected chi connectivity index (χ3v) is 5.22. The largest absolute Gasteiger partial charge is 0.390 e. The quantitative estimate of drug-likeness (QED) is 0.780. The Labute approximate surface area is 112 Å². The van der Waals surface area contributed by atoms with Crippen LogP contribution in [0.3, 0.4) is 0 Å². The van der Waals surface area contributed by atoms with Gasteiger partial charge in [0, 0.05) is 20.1 Å². The maximum Gasteiger partial charge on any atom is 0.244 e. The normalized spacial score (nSPS) is 23.5. The minimum atomic E-state index is -3.79. The first-order valence-corrected chi connectivity index (χ1v) is 7.28. The van der Waals surface area contributed by atoms with Crippen molar-refractivity contribution in [3.63, 3.8) is 0 Å². The first kappa shape index (κ1) is 14.0. The molecule has 1 aliphatic heterocycles. The molecule has 0 aliphatic carbocycles. The molecule has 0 bridgehead atoms. The summed E-state index contributed by atoms with van der Waals surface area (Å²) >= 11 is 0. The van der Waals surface area contributed by atoms with Crippen molar-refractivity contribution < 1.29 is 13.5 Å². The zero-order valence-corrected chi connectivity index (χ0v) is 11.3. The summed E-state index contributed by atoms with van der Waals surface area (Å²) in [6, 6.07) is 7.41. The van der Waals surface area contributed by atoms with Gasteiger partial charge >= 0.3 is 0 Å². The number of β-amino-alcohol motifs (C(OH)–C–C–N with tert-alkyl or cyclic N) is 1. The van der Waals surface area contributed by atoms with Crippen LogP contribution in [0, 0.1) is 11.3 Å². The Morgan fingerprint density at radius 1 is 1.42 bits per heavy atom. The molecule has 1 heterocycles. The van der Waals surface area contributed by atoms with E-state index in [4.69, 9.17) is 5.26 Å². The molecule has 0 amide bonds. The maximum atomic E-state index is 12.5. The van der Waals surface area contributed by atoms with E-state index in [9.17, 15) is 13.5 Å². The van der Waals surface area contributed by atoms with Gasteiger partial charge in [-0.1, -0.05) is 12.1 Å². The topological polar surface area (TPSA) is 93.4 Å². The summed E-state index contributed by atoms with van der Waals surface area (Å²) in [5.41, 5.74) is 0.106. The second-order valence-corrected chi connectivity index (χ2v) is 6.39. The Hall–Kier alpha value is -1.46. The van der Waals surface area contributed by atoms with E-state index in [1.807, 2.05) is 6.07 Å². The summed E-state index contributed by atoms with van der Waals surface area (Å²) < 4.78 is 26.1. The van der Waals surface area contributed by atoms with Gasteiger partial charge < -0.3 is 10.4 Å². The molecule has 2 atom stereocenters. The Balaban J connectivity index is 2.40. The van der Waals surface area contributed by atoms with Crippen molar-refractivity contribution in [3.05, 3.63) is 29.8 Å². The molecule has 1 fully saturated rings. The van der Waals surface area contributed by atoms with Gasteiger partial charge in [-0.15, -0.1) is 0 Å². The molecule has 0 aromatic heterocycles. The standard InChI is InChI=1S/C12H15N3O3S/c1-15(10-7-14-8-11(10)16)19(17,18)12-5-3-2-4-9(12)6-13/h2-5,10-11,14,16H,7-8H2,1H3/t10-,11-/m1/s1. The fourth-order valence-electron chi connectivity index (χ4n) is 2.14. The predicted molar refractivity (Wildman–Crippen MR) is 68.8 cm³/mol. The summed E-state index contributed by atoms with van der Waals surface area (Å²) in [5, 5.41) is 21.7. The maximum absolute atomic E-state index is 12.5. The summed E-state index contributed by atoms with van der Waals surface area (Å²) in [6.07, 6.45) is -0.742. The lowest BCUT2D eigenvalue weighted by molar-refractivity contribution is 0.136. The molecule has 102 valence electrons. The minimum Gasteiger partial charge on any atom is -0.390 e. The van der Waals surface area contributed by atoms with Crippen LogP contribution >= 0.6 is 0 Å². The zero-order chi connectivity index (χ0) is 14.0. The lowest BCUT2D eigenvalue weighted by Gasteiger charge is -2.25. The lowest BCUT2D eigenvalue weighted by atomic mass is 10.2. The number of likely N-dealkylation sites (N-methyl/N-ethyl adjacent to an activating group) is 1. The summed E-state index contributed by atoms with van der Waals surface area (Å²) in [4.78, 5) is -0.0286. The number of aliphatic hydroxyl groups is 1. The van der Waals surface area contributed by atoms with Crippen molar-refractivity contribution in [2.75, 3.05) is 20.1 Å². The highest BCUT2D eigenvalue weighted by Gasteiger charge is 2.36. The highest BCUT2D eigenvalue weighted by atomic mass is 32.2. The van der Waals surface area contributed by atoms with Crippen LogP contribution in [0.25, 0.3) is 0 Å². The molecule has 2 N–H and O–H groups in total. The number of aliphatic hydroxyl groups excluding tert-OH is 1. The molecule has 2 rings (SSSR count). The smallest absolute Gasteiger partial charge is 0.244 e. The minimum absolute atomic E-state index is 0.0286. The van der Waals surface area contributed by atoms with Crippen molar-refractivity contribution in [2.24, 2.45) is 0 Å². The van der Waals surface area contributed by atoms with Crippen molar-refractivity contribution in [2.45, 2.75) is 17.0 Å². The van der Waals surface area contributed by atoms with Crippen LogP contribution in [0.15, 0.2) is 29.2 Å². The van der Waals surface area contributed by atoms with Crippen molar-refractivity contribution >= 4 is 10.0 Å². The van der Waals surface area contributed by atoms with Crippen LogP contribution in [0.2, 0.25) is 0 Å². The first-order chi connectivity index (χ1) is 8.98. The molecular formula is C12H15N3O3S. The van der Waals surface area contributed by atoms with Gasteiger partial charge in [0.25, 0.3) is 0 Å². The van der Waals surface area contributed by atoms with E-state index in [1.54, 1.807) is 12.1 Å². The highest BCUT2D eigenvalue weighted by Crippen LogP contribution is 2.22. The SMILES string of the molecule is CN([C@@H]1CNC[C@H]1O)S(=O)(=O)c1ccccc1C#N. The average molecular weight is 281 g/mol. The number of rotatable bonds is 3. The van der Waals surface area contributed by atoms with E-state index in [2.05, 4.69) is 5.32 Å². The van der Waals surface area contributed by atoms with Crippen molar-refractivity contribution in [3.8, 4) is 6.07 Å². The Kier molecular flexibility index (Phi) is 3.87. The third-order valence-electron chi connectivity index (χ3n) is 3.28. The fourth-order valence-corrected chi connectivity index (χ4v) is 3.66. The molecule has 1 aromatic rings. The molecular weight excluding hydrogens is 266 g/mol. The van der Waals surface area contributed by atoms with E-state index in [-0.39, 0.29) is 10.5 Å². The van der Waals surface area contributed by atoms with E-state index in [0.717, 1.165) is 4.31 Å². The van der Waals surface area contributed by atoms with E-state index in [1.165, 1.54) is 19.2 Å². The monoisotopic (exact) mass is 281 g/mol. The molecule has 1 saturated heterocycles. The number of nitrogens with one attached hydrogen (secondary N) is 1. The van der Waals surface area contributed by atoms with Gasteiger partial charge in [-0.05, 0) is 12.1 Å². The lowest BCUT2D eigenvalue weighted by Crippen LogP contribution is -2.44. The second-order valence-electron chi connectivity index (χ2n) is 4.42. The van der Waals surface area contributed by atoms with E-state index in [0.29, 0.717) is 13.1 Å². The third kappa shape index (κ3) is 2.48. The van der Waals surface area contributed by atoms with Crippen LogP contribution in [0.5, 0.6) is 0 Å². The van der Waals surface area contributed by atoms with Gasteiger partial charge in [-0.2, -0.15) is 9.57 Å². The second kappa shape index (κ2) is 5.27. The summed E-state index contributed by atoms with van der Waals surface area (Å²) in [6.45, 7) is 0.760. The number of benzene rings is 1. The van der Waals surface area contributed by atoms with Crippen LogP contribution in [-0.2, 0) is 10.0 Å². The van der Waals surface area contributed by atoms with Crippen molar-refractivity contribution in [1.29, 1.82) is 5.26 Å². The zero-order valence-electron chi connectivity index (χ0n) is 10.4. The van der Waals surface area contributed by atoms with Gasteiger partial charge in [0.2, 0.25) is 10.0 Å². The number of sulfonamides is 1. The Morgan fingerprint density at radius 3 is 2.68 bits per heavy atom. The van der Waals surface area contributed by atoms with Gasteiger partial charge in [-0.25, -0.2) is 8.42 Å². The van der Waals surface area contributed by atoms with E-state index >= 15 is 0 Å². The molecule has 0 radical (unpaired) electrons. The molecule has 0 saturated carbocycles. The Morgan fingerprint density at radius 2 is 2.11 bits per heavy atom. The molecule has 19 heavy (non-hydrogen) atoms. The number of hydrogen-bond acceptors (Lipinski definition) is 5. The molecule has 1 aromatic carbocycles. The van der Waals surface area contributed by atoms with Crippen LogP contribution in [0.4, 0.5) is 0 Å². The number of nitrogens with zero attached hydrogens (tertiary/aromatic N) is 2. The number of nitriles is 1.